The van der Waals surface area contributed by atoms with Crippen LogP contribution in [0, 0.1) is 13.8 Å². The van der Waals surface area contributed by atoms with Gasteiger partial charge in [0.1, 0.15) is 0 Å². The number of nitrogens with zero attached hydrogens (tertiary/aromatic N) is 4. The summed E-state index contributed by atoms with van der Waals surface area (Å²) in [5.74, 6) is 0.529. The summed E-state index contributed by atoms with van der Waals surface area (Å²) in [5, 5.41) is 0. The molecule has 2 fully saturated rings. The molecule has 2 heterocycles. The minimum absolute atomic E-state index is 0.265. The van der Waals surface area contributed by atoms with Gasteiger partial charge in [0, 0.05) is 76.8 Å². The van der Waals surface area contributed by atoms with E-state index in [0.717, 1.165) is 52.4 Å². The summed E-state index contributed by atoms with van der Waals surface area (Å²) in [4.78, 5) is 9.39. The molecular formula is C26H38N4O2S. The minimum Gasteiger partial charge on any atom is -0.369 e. The van der Waals surface area contributed by atoms with Crippen molar-refractivity contribution in [2.75, 3.05) is 86.8 Å². The maximum Gasteiger partial charge on any atom is 0.152 e. The van der Waals surface area contributed by atoms with Gasteiger partial charge in [0.25, 0.3) is 0 Å². The van der Waals surface area contributed by atoms with Crippen LogP contribution in [0.4, 0.5) is 11.4 Å². The van der Waals surface area contributed by atoms with Crippen molar-refractivity contribution in [1.29, 1.82) is 0 Å². The summed E-state index contributed by atoms with van der Waals surface area (Å²) in [5.41, 5.74) is 5.09. The molecule has 180 valence electrons. The molecule has 2 aromatic carbocycles. The van der Waals surface area contributed by atoms with Crippen LogP contribution in [-0.2, 0) is 9.84 Å². The largest absolute Gasteiger partial charge is 0.369 e. The predicted octanol–water partition coefficient (Wildman–Crippen LogP) is 2.66. The zero-order valence-corrected chi connectivity index (χ0v) is 20.9. The van der Waals surface area contributed by atoms with E-state index in [9.17, 15) is 8.42 Å². The van der Waals surface area contributed by atoms with Crippen LogP contribution in [0.3, 0.4) is 0 Å². The quantitative estimate of drug-likeness (QED) is 0.591. The highest BCUT2D eigenvalue weighted by Crippen LogP contribution is 2.19. The Bertz CT molecular complexity index is 935. The van der Waals surface area contributed by atoms with Crippen LogP contribution in [0.5, 0.6) is 0 Å². The van der Waals surface area contributed by atoms with Gasteiger partial charge < -0.3 is 9.80 Å². The second-order valence-corrected chi connectivity index (χ2v) is 11.8. The minimum atomic E-state index is -3.03. The lowest BCUT2D eigenvalue weighted by Gasteiger charge is -2.36. The lowest BCUT2D eigenvalue weighted by molar-refractivity contribution is 0.268. The SMILES string of the molecule is Cc1cccc(N2CCN(CCS(=O)(=O)CCN3CCN(c4cccc(C)c4)CC3)CC2)c1. The summed E-state index contributed by atoms with van der Waals surface area (Å²) < 4.78 is 25.4. The first-order valence-corrected chi connectivity index (χ1v) is 14.0. The lowest BCUT2D eigenvalue weighted by atomic mass is 10.2. The van der Waals surface area contributed by atoms with Gasteiger partial charge in [-0.15, -0.1) is 0 Å². The first-order valence-electron chi connectivity index (χ1n) is 12.2. The molecule has 0 atom stereocenters. The van der Waals surface area contributed by atoms with E-state index in [-0.39, 0.29) is 11.5 Å². The zero-order chi connectivity index (χ0) is 23.3. The molecule has 0 aliphatic carbocycles. The molecule has 4 rings (SSSR count). The monoisotopic (exact) mass is 470 g/mol. The molecule has 7 heteroatoms. The molecule has 2 aliphatic heterocycles. The van der Waals surface area contributed by atoms with Crippen molar-refractivity contribution >= 4 is 21.2 Å². The van der Waals surface area contributed by atoms with E-state index in [1.807, 2.05) is 0 Å². The third kappa shape index (κ3) is 6.95. The topological polar surface area (TPSA) is 47.1 Å². The van der Waals surface area contributed by atoms with Crippen molar-refractivity contribution < 1.29 is 8.42 Å². The second kappa shape index (κ2) is 10.9. The summed E-state index contributed by atoms with van der Waals surface area (Å²) in [6.07, 6.45) is 0. The molecule has 0 saturated carbocycles. The van der Waals surface area contributed by atoms with Gasteiger partial charge in [-0.05, 0) is 49.2 Å². The number of hydrogen-bond donors (Lipinski definition) is 0. The molecule has 6 nitrogen and oxygen atoms in total. The summed E-state index contributed by atoms with van der Waals surface area (Å²) >= 11 is 0. The molecule has 2 aromatic rings. The fraction of sp³-hybridized carbons (Fsp3) is 0.538. The van der Waals surface area contributed by atoms with Crippen LogP contribution in [0.2, 0.25) is 0 Å². The maximum absolute atomic E-state index is 12.7. The normalized spacial score (nSPS) is 18.6. The van der Waals surface area contributed by atoms with Gasteiger partial charge in [0.2, 0.25) is 0 Å². The maximum atomic E-state index is 12.7. The van der Waals surface area contributed by atoms with E-state index in [1.54, 1.807) is 0 Å². The fourth-order valence-electron chi connectivity index (χ4n) is 4.75. The van der Waals surface area contributed by atoms with Gasteiger partial charge >= 0.3 is 0 Å². The van der Waals surface area contributed by atoms with Crippen LogP contribution in [0.25, 0.3) is 0 Å². The third-order valence-corrected chi connectivity index (χ3v) is 8.52. The average Bonchev–Trinajstić information content (AvgIpc) is 2.82. The van der Waals surface area contributed by atoms with Gasteiger partial charge in [-0.25, -0.2) is 8.42 Å². The highest BCUT2D eigenvalue weighted by Gasteiger charge is 2.22. The van der Waals surface area contributed by atoms with Gasteiger partial charge in [-0.1, -0.05) is 24.3 Å². The number of hydrogen-bond acceptors (Lipinski definition) is 6. The van der Waals surface area contributed by atoms with E-state index < -0.39 is 9.84 Å². The molecule has 0 aromatic heterocycles. The highest BCUT2D eigenvalue weighted by atomic mass is 32.2. The van der Waals surface area contributed by atoms with Crippen LogP contribution < -0.4 is 9.80 Å². The summed E-state index contributed by atoms with van der Waals surface area (Å²) in [7, 11) is -3.03. The van der Waals surface area contributed by atoms with E-state index in [4.69, 9.17) is 0 Å². The molecule has 2 aliphatic rings. The molecule has 0 radical (unpaired) electrons. The van der Waals surface area contributed by atoms with Gasteiger partial charge in [-0.2, -0.15) is 0 Å². The smallest absolute Gasteiger partial charge is 0.152 e. The first kappa shape index (κ1) is 24.0. The Kier molecular flexibility index (Phi) is 7.94. The lowest BCUT2D eigenvalue weighted by Crippen LogP contribution is -2.49. The zero-order valence-electron chi connectivity index (χ0n) is 20.1. The van der Waals surface area contributed by atoms with Crippen molar-refractivity contribution in [3.05, 3.63) is 59.7 Å². The highest BCUT2D eigenvalue weighted by molar-refractivity contribution is 7.91. The predicted molar refractivity (Wildman–Crippen MR) is 138 cm³/mol. The Hall–Kier alpha value is -2.09. The number of anilines is 2. The Morgan fingerprint density at radius 3 is 1.39 bits per heavy atom. The van der Waals surface area contributed by atoms with E-state index in [1.165, 1.54) is 22.5 Å². The van der Waals surface area contributed by atoms with E-state index in [2.05, 4.69) is 82.0 Å². The molecule has 0 spiro atoms. The van der Waals surface area contributed by atoms with E-state index in [0.29, 0.717) is 13.1 Å². The Morgan fingerprint density at radius 2 is 1.03 bits per heavy atom. The second-order valence-electron chi connectivity index (χ2n) is 9.49. The molecular weight excluding hydrogens is 432 g/mol. The van der Waals surface area contributed by atoms with Gasteiger partial charge in [0.15, 0.2) is 9.84 Å². The molecule has 0 N–H and O–H groups in total. The van der Waals surface area contributed by atoms with E-state index >= 15 is 0 Å². The summed E-state index contributed by atoms with van der Waals surface area (Å²) in [6, 6.07) is 17.2. The summed E-state index contributed by atoms with van der Waals surface area (Å²) in [6.45, 7) is 13.0. The molecule has 0 bridgehead atoms. The number of piperazine rings is 2. The molecule has 33 heavy (non-hydrogen) atoms. The van der Waals surface area contributed by atoms with Gasteiger partial charge in [-0.3, -0.25) is 9.80 Å². The molecule has 2 saturated heterocycles. The molecule has 0 amide bonds. The standard InChI is InChI=1S/C26H38N4O2S/c1-23-5-3-7-25(21-23)29-13-9-27(10-14-29)17-19-33(31,32)20-18-28-11-15-30(16-12-28)26-8-4-6-24(2)22-26/h3-8,21-22H,9-20H2,1-2H3. The van der Waals surface area contributed by atoms with Crippen LogP contribution in [0.15, 0.2) is 48.5 Å². The van der Waals surface area contributed by atoms with Gasteiger partial charge in [0.05, 0.1) is 11.5 Å². The third-order valence-electron chi connectivity index (χ3n) is 6.92. The fourth-order valence-corrected chi connectivity index (χ4v) is 6.02. The van der Waals surface area contributed by atoms with Crippen LogP contribution in [0.1, 0.15) is 11.1 Å². The number of benzene rings is 2. The van der Waals surface area contributed by atoms with Crippen molar-refractivity contribution in [3.63, 3.8) is 0 Å². The Balaban J connectivity index is 1.15. The van der Waals surface area contributed by atoms with Crippen molar-refractivity contribution in [1.82, 2.24) is 9.80 Å². The van der Waals surface area contributed by atoms with Crippen LogP contribution >= 0.6 is 0 Å². The van der Waals surface area contributed by atoms with Crippen molar-refractivity contribution in [3.8, 4) is 0 Å². The number of aryl methyl sites for hydroxylation is 2. The van der Waals surface area contributed by atoms with Crippen molar-refractivity contribution in [2.24, 2.45) is 0 Å². The first-order chi connectivity index (χ1) is 15.9. The van der Waals surface area contributed by atoms with Crippen molar-refractivity contribution in [2.45, 2.75) is 13.8 Å². The molecule has 0 unspecified atom stereocenters. The number of rotatable bonds is 8. The Morgan fingerprint density at radius 1 is 0.636 bits per heavy atom. The Labute approximate surface area is 199 Å². The van der Waals surface area contributed by atoms with Crippen LogP contribution in [-0.4, -0.2) is 95.2 Å². The average molecular weight is 471 g/mol. The number of sulfone groups is 1.